The second kappa shape index (κ2) is 5.58. The van der Waals surface area contributed by atoms with Gasteiger partial charge >= 0.3 is 5.97 Å². The summed E-state index contributed by atoms with van der Waals surface area (Å²) in [5, 5.41) is 0. The fourth-order valence-corrected chi connectivity index (χ4v) is 0.666. The minimum absolute atomic E-state index is 0.0572. The lowest BCUT2D eigenvalue weighted by atomic mass is 10.1. The molecule has 0 aliphatic carbocycles. The van der Waals surface area contributed by atoms with Crippen molar-refractivity contribution in [1.29, 1.82) is 0 Å². The van der Waals surface area contributed by atoms with Crippen LogP contribution in [0.1, 0.15) is 34.1 Å². The molecule has 0 fully saturated rings. The van der Waals surface area contributed by atoms with Crippen molar-refractivity contribution in [1.82, 2.24) is 0 Å². The number of aliphatic imine (C=N–C) groups is 1. The van der Waals surface area contributed by atoms with Crippen molar-refractivity contribution in [3.63, 3.8) is 0 Å². The second-order valence-corrected chi connectivity index (χ2v) is 4.19. The molecular formula is C11H19NO2. The van der Waals surface area contributed by atoms with Gasteiger partial charge in [0, 0.05) is 18.2 Å². The topological polar surface area (TPSA) is 38.7 Å². The lowest BCUT2D eigenvalue weighted by molar-refractivity contribution is -0.138. The molecule has 0 saturated carbocycles. The first-order valence-electron chi connectivity index (χ1n) is 4.69. The molecule has 0 spiro atoms. The van der Waals surface area contributed by atoms with E-state index in [0.717, 1.165) is 0 Å². The SMILES string of the molecule is C=C(C)C(=O)OCCC=NC(C)(C)C. The van der Waals surface area contributed by atoms with E-state index in [0.29, 0.717) is 18.6 Å². The van der Waals surface area contributed by atoms with E-state index in [1.807, 2.05) is 20.8 Å². The molecule has 3 nitrogen and oxygen atoms in total. The van der Waals surface area contributed by atoms with Crippen LogP contribution in [0.4, 0.5) is 0 Å². The van der Waals surface area contributed by atoms with Crippen LogP contribution in [-0.4, -0.2) is 24.3 Å². The number of carbonyl (C=O) groups is 1. The van der Waals surface area contributed by atoms with Crippen LogP contribution in [0.15, 0.2) is 17.1 Å². The quantitative estimate of drug-likeness (QED) is 0.300. The molecule has 3 heteroatoms. The Morgan fingerprint density at radius 3 is 2.50 bits per heavy atom. The van der Waals surface area contributed by atoms with Crippen LogP contribution in [0.3, 0.4) is 0 Å². The van der Waals surface area contributed by atoms with Gasteiger partial charge in [-0.2, -0.15) is 0 Å². The Labute approximate surface area is 85.9 Å². The molecule has 0 unspecified atom stereocenters. The monoisotopic (exact) mass is 197 g/mol. The first kappa shape index (κ1) is 12.9. The van der Waals surface area contributed by atoms with Gasteiger partial charge in [0.25, 0.3) is 0 Å². The van der Waals surface area contributed by atoms with Gasteiger partial charge in [-0.25, -0.2) is 4.79 Å². The Bertz CT molecular complexity index is 236. The van der Waals surface area contributed by atoms with Crippen molar-refractivity contribution >= 4 is 12.2 Å². The van der Waals surface area contributed by atoms with Crippen molar-refractivity contribution in [2.75, 3.05) is 6.61 Å². The Morgan fingerprint density at radius 1 is 1.50 bits per heavy atom. The highest BCUT2D eigenvalue weighted by molar-refractivity contribution is 5.87. The third-order valence-electron chi connectivity index (χ3n) is 1.31. The maximum Gasteiger partial charge on any atom is 0.333 e. The van der Waals surface area contributed by atoms with Crippen LogP contribution in [-0.2, 0) is 9.53 Å². The lowest BCUT2D eigenvalue weighted by Crippen LogP contribution is -2.11. The molecule has 0 bridgehead atoms. The van der Waals surface area contributed by atoms with Crippen LogP contribution in [0.25, 0.3) is 0 Å². The summed E-state index contributed by atoms with van der Waals surface area (Å²) in [5.74, 6) is -0.339. The molecule has 0 radical (unpaired) electrons. The highest BCUT2D eigenvalue weighted by Crippen LogP contribution is 2.04. The minimum Gasteiger partial charge on any atom is -0.462 e. The van der Waals surface area contributed by atoms with Crippen LogP contribution in [0.2, 0.25) is 0 Å². The number of esters is 1. The smallest absolute Gasteiger partial charge is 0.333 e. The van der Waals surface area contributed by atoms with E-state index >= 15 is 0 Å². The normalized spacial score (nSPS) is 11.7. The van der Waals surface area contributed by atoms with Gasteiger partial charge < -0.3 is 4.74 Å². The third-order valence-corrected chi connectivity index (χ3v) is 1.31. The molecule has 80 valence electrons. The lowest BCUT2D eigenvalue weighted by Gasteiger charge is -2.10. The number of hydrogen-bond acceptors (Lipinski definition) is 3. The standard InChI is InChI=1S/C11H19NO2/c1-9(2)10(13)14-8-6-7-12-11(3,4)5/h7H,1,6,8H2,2-5H3. The summed E-state index contributed by atoms with van der Waals surface area (Å²) in [7, 11) is 0. The van der Waals surface area contributed by atoms with Crippen molar-refractivity contribution in [2.24, 2.45) is 4.99 Å². The fraction of sp³-hybridized carbons (Fsp3) is 0.636. The van der Waals surface area contributed by atoms with Crippen molar-refractivity contribution in [3.05, 3.63) is 12.2 Å². The predicted molar refractivity (Wildman–Crippen MR) is 58.6 cm³/mol. The van der Waals surface area contributed by atoms with Crippen LogP contribution >= 0.6 is 0 Å². The van der Waals surface area contributed by atoms with Crippen LogP contribution < -0.4 is 0 Å². The van der Waals surface area contributed by atoms with Crippen LogP contribution in [0, 0.1) is 0 Å². The highest BCUT2D eigenvalue weighted by atomic mass is 16.5. The summed E-state index contributed by atoms with van der Waals surface area (Å²) in [6.45, 7) is 11.5. The Balaban J connectivity index is 3.62. The van der Waals surface area contributed by atoms with Gasteiger partial charge in [0.2, 0.25) is 0 Å². The third kappa shape index (κ3) is 7.53. The highest BCUT2D eigenvalue weighted by Gasteiger charge is 2.04. The fourth-order valence-electron chi connectivity index (χ4n) is 0.666. The first-order chi connectivity index (χ1) is 6.33. The Kier molecular flexibility index (Phi) is 5.13. The average molecular weight is 197 g/mol. The van der Waals surface area contributed by atoms with E-state index in [9.17, 15) is 4.79 Å². The molecule has 0 heterocycles. The Hall–Kier alpha value is -1.12. The molecule has 0 atom stereocenters. The van der Waals surface area contributed by atoms with E-state index < -0.39 is 0 Å². The summed E-state index contributed by atoms with van der Waals surface area (Å²) in [6.07, 6.45) is 2.43. The molecule has 0 aromatic carbocycles. The van der Waals surface area contributed by atoms with Gasteiger partial charge in [-0.15, -0.1) is 0 Å². The van der Waals surface area contributed by atoms with Gasteiger partial charge in [-0.05, 0) is 27.7 Å². The minimum atomic E-state index is -0.339. The van der Waals surface area contributed by atoms with E-state index in [2.05, 4.69) is 11.6 Å². The second-order valence-electron chi connectivity index (χ2n) is 4.19. The number of nitrogens with zero attached hydrogens (tertiary/aromatic N) is 1. The Morgan fingerprint density at radius 2 is 2.07 bits per heavy atom. The summed E-state index contributed by atoms with van der Waals surface area (Å²) in [6, 6.07) is 0. The van der Waals surface area contributed by atoms with E-state index in [1.165, 1.54) is 0 Å². The number of carbonyl (C=O) groups excluding carboxylic acids is 1. The molecule has 0 N–H and O–H groups in total. The van der Waals surface area contributed by atoms with Gasteiger partial charge in [0.1, 0.15) is 0 Å². The molecule has 0 aromatic rings. The molecule has 0 rings (SSSR count). The van der Waals surface area contributed by atoms with Crippen molar-refractivity contribution in [2.45, 2.75) is 39.7 Å². The summed E-state index contributed by atoms with van der Waals surface area (Å²) >= 11 is 0. The van der Waals surface area contributed by atoms with E-state index in [-0.39, 0.29) is 11.5 Å². The maximum absolute atomic E-state index is 10.9. The average Bonchev–Trinajstić information content (AvgIpc) is 2.01. The van der Waals surface area contributed by atoms with Gasteiger partial charge in [0.05, 0.1) is 12.1 Å². The van der Waals surface area contributed by atoms with Gasteiger partial charge in [-0.3, -0.25) is 4.99 Å². The van der Waals surface area contributed by atoms with Crippen molar-refractivity contribution < 1.29 is 9.53 Å². The molecule has 14 heavy (non-hydrogen) atoms. The number of hydrogen-bond donors (Lipinski definition) is 0. The molecule has 0 aliphatic heterocycles. The molecule has 0 aromatic heterocycles. The molecule has 0 aliphatic rings. The summed E-state index contributed by atoms with van der Waals surface area (Å²) < 4.78 is 4.89. The first-order valence-corrected chi connectivity index (χ1v) is 4.69. The number of rotatable bonds is 4. The number of ether oxygens (including phenoxy) is 1. The van der Waals surface area contributed by atoms with Crippen molar-refractivity contribution in [3.8, 4) is 0 Å². The summed E-state index contributed by atoms with van der Waals surface area (Å²) in [4.78, 5) is 15.2. The van der Waals surface area contributed by atoms with Crippen LogP contribution in [0.5, 0.6) is 0 Å². The predicted octanol–water partition coefficient (Wildman–Crippen LogP) is 2.37. The zero-order valence-corrected chi connectivity index (χ0v) is 9.46. The van der Waals surface area contributed by atoms with Gasteiger partial charge in [0.15, 0.2) is 0 Å². The maximum atomic E-state index is 10.9. The zero-order valence-electron chi connectivity index (χ0n) is 9.46. The van der Waals surface area contributed by atoms with E-state index in [4.69, 9.17) is 4.74 Å². The van der Waals surface area contributed by atoms with Gasteiger partial charge in [-0.1, -0.05) is 6.58 Å². The zero-order chi connectivity index (χ0) is 11.2. The summed E-state index contributed by atoms with van der Waals surface area (Å²) in [5.41, 5.74) is 0.371. The molecule has 0 amide bonds. The van der Waals surface area contributed by atoms with E-state index in [1.54, 1.807) is 13.1 Å². The largest absolute Gasteiger partial charge is 0.462 e. The molecular weight excluding hydrogens is 178 g/mol. The molecule has 0 saturated heterocycles.